The third-order valence-electron chi connectivity index (χ3n) is 2.68. The van der Waals surface area contributed by atoms with Crippen molar-refractivity contribution in [2.45, 2.75) is 25.5 Å². The van der Waals surface area contributed by atoms with E-state index in [2.05, 4.69) is 0 Å². The van der Waals surface area contributed by atoms with Crippen molar-refractivity contribution in [1.82, 2.24) is 0 Å². The van der Waals surface area contributed by atoms with Gasteiger partial charge in [-0.3, -0.25) is 0 Å². The number of sulfone groups is 1. The number of aliphatic hydroxyl groups is 1. The van der Waals surface area contributed by atoms with Crippen LogP contribution >= 0.6 is 0 Å². The van der Waals surface area contributed by atoms with Crippen LogP contribution in [0.5, 0.6) is 0 Å². The van der Waals surface area contributed by atoms with E-state index >= 15 is 0 Å². The van der Waals surface area contributed by atoms with Gasteiger partial charge in [0, 0.05) is 5.92 Å². The minimum atomic E-state index is -3.34. The summed E-state index contributed by atoms with van der Waals surface area (Å²) in [5.41, 5.74) is 0. The van der Waals surface area contributed by atoms with E-state index in [1.165, 1.54) is 6.42 Å². The summed E-state index contributed by atoms with van der Waals surface area (Å²) in [7, 11) is -3.34. The Balaban J connectivity index is 0.000000507. The molecule has 2 aliphatic carbocycles. The Bertz CT molecular complexity index is 348. The van der Waals surface area contributed by atoms with Gasteiger partial charge in [0.05, 0.1) is 11.4 Å². The Morgan fingerprint density at radius 3 is 1.75 bits per heavy atom. The molecule has 0 atom stereocenters. The average Bonchev–Trinajstić information content (AvgIpc) is 3.02. The van der Waals surface area contributed by atoms with Gasteiger partial charge in [0.1, 0.15) is 5.25 Å². The summed E-state index contributed by atoms with van der Waals surface area (Å²) in [6.45, 7) is 4.71. The van der Waals surface area contributed by atoms with Crippen LogP contribution < -0.4 is 0 Å². The molecular formula is C15H20FeO3S+2. The summed E-state index contributed by atoms with van der Waals surface area (Å²) in [6, 6.07) is 0. The zero-order valence-corrected chi connectivity index (χ0v) is 13.8. The van der Waals surface area contributed by atoms with E-state index in [1.807, 2.05) is 32.1 Å². The standard InChI is InChI=1S/C10H15O3S.C5H5.Fe/c1-10(2,3)14(12,13)9-6-4-5-8(9)7-11;1-2-4-5-3-1;/h4-6,11H,7H2,1-3H3;1-5H;/q;;+2. The van der Waals surface area contributed by atoms with Crippen LogP contribution in [-0.2, 0) is 26.9 Å². The molecule has 0 aromatic heterocycles. The molecule has 0 amide bonds. The Kier molecular flexibility index (Phi) is 8.96. The maximum Gasteiger partial charge on any atom is 2.00 e. The van der Waals surface area contributed by atoms with Crippen molar-refractivity contribution in [1.29, 1.82) is 0 Å². The van der Waals surface area contributed by atoms with Gasteiger partial charge in [-0.05, 0) is 72.1 Å². The first kappa shape index (κ1) is 20.4. The van der Waals surface area contributed by atoms with Crippen molar-refractivity contribution in [2.24, 2.45) is 0 Å². The van der Waals surface area contributed by atoms with E-state index in [4.69, 9.17) is 5.11 Å². The summed E-state index contributed by atoms with van der Waals surface area (Å²) in [5.74, 6) is 0.472. The van der Waals surface area contributed by atoms with Gasteiger partial charge in [-0.25, -0.2) is 8.42 Å². The van der Waals surface area contributed by atoms with E-state index in [9.17, 15) is 8.42 Å². The zero-order valence-electron chi connectivity index (χ0n) is 11.9. The van der Waals surface area contributed by atoms with E-state index in [1.54, 1.807) is 33.6 Å². The summed E-state index contributed by atoms with van der Waals surface area (Å²) in [5, 5.41) is 9.21. The molecule has 0 saturated heterocycles. The molecule has 0 aromatic carbocycles. The predicted molar refractivity (Wildman–Crippen MR) is 76.6 cm³/mol. The topological polar surface area (TPSA) is 54.4 Å². The van der Waals surface area contributed by atoms with E-state index in [0.29, 0.717) is 5.92 Å². The van der Waals surface area contributed by atoms with Gasteiger partial charge in [0.2, 0.25) is 0 Å². The first-order chi connectivity index (χ1) is 8.80. The summed E-state index contributed by atoms with van der Waals surface area (Å²) < 4.78 is 23.1. The Morgan fingerprint density at radius 2 is 1.40 bits per heavy atom. The molecule has 2 saturated carbocycles. The maximum absolute atomic E-state index is 12.0. The average molecular weight is 336 g/mol. The normalized spacial score (nSPS) is 21.2. The van der Waals surface area contributed by atoms with Crippen LogP contribution in [0.2, 0.25) is 0 Å². The van der Waals surface area contributed by atoms with Crippen LogP contribution in [0.25, 0.3) is 0 Å². The second kappa shape index (κ2) is 8.77. The molecule has 2 fully saturated rings. The minimum absolute atomic E-state index is 0. The Morgan fingerprint density at radius 1 is 0.950 bits per heavy atom. The number of hydrogen-bond acceptors (Lipinski definition) is 3. The van der Waals surface area contributed by atoms with Crippen molar-refractivity contribution >= 4 is 9.84 Å². The number of aliphatic hydroxyl groups excluding tert-OH is 1. The third-order valence-corrected chi connectivity index (χ3v) is 5.27. The minimum Gasteiger partial charge on any atom is -0.396 e. The molecule has 0 spiro atoms. The van der Waals surface area contributed by atoms with Crippen molar-refractivity contribution in [2.75, 3.05) is 6.61 Å². The Labute approximate surface area is 135 Å². The van der Waals surface area contributed by atoms with E-state index < -0.39 is 14.6 Å². The van der Waals surface area contributed by atoms with Gasteiger partial charge < -0.3 is 5.11 Å². The molecule has 110 valence electrons. The molecule has 0 heterocycles. The summed E-state index contributed by atoms with van der Waals surface area (Å²) >= 11 is 0. The molecule has 3 nitrogen and oxygen atoms in total. The Hall–Kier alpha value is 0.429. The van der Waals surface area contributed by atoms with Crippen molar-refractivity contribution < 1.29 is 30.6 Å². The first-order valence-corrected chi connectivity index (χ1v) is 7.56. The van der Waals surface area contributed by atoms with Gasteiger partial charge >= 0.3 is 17.1 Å². The maximum atomic E-state index is 12.0. The molecular weight excluding hydrogens is 316 g/mol. The molecule has 20 heavy (non-hydrogen) atoms. The molecule has 0 aliphatic heterocycles. The van der Waals surface area contributed by atoms with Gasteiger partial charge in [0.25, 0.3) is 0 Å². The van der Waals surface area contributed by atoms with Crippen molar-refractivity contribution in [3.05, 3.63) is 62.5 Å². The van der Waals surface area contributed by atoms with Crippen molar-refractivity contribution in [3.63, 3.8) is 0 Å². The fraction of sp³-hybridized carbons (Fsp3) is 0.333. The van der Waals surface area contributed by atoms with Crippen LogP contribution in [0.4, 0.5) is 0 Å². The first-order valence-electron chi connectivity index (χ1n) is 6.07. The number of rotatable bonds is 2. The molecule has 2 aliphatic rings. The molecule has 0 aromatic rings. The molecule has 1 N–H and O–H groups in total. The van der Waals surface area contributed by atoms with Crippen LogP contribution in [0.15, 0.2) is 0 Å². The van der Waals surface area contributed by atoms with Crippen LogP contribution in [0, 0.1) is 62.5 Å². The molecule has 5 heteroatoms. The van der Waals surface area contributed by atoms with Crippen LogP contribution in [0.3, 0.4) is 0 Å². The fourth-order valence-corrected chi connectivity index (χ4v) is 2.88. The van der Waals surface area contributed by atoms with Gasteiger partial charge in [-0.2, -0.15) is 0 Å². The van der Waals surface area contributed by atoms with Gasteiger partial charge in [0.15, 0.2) is 9.84 Å². The van der Waals surface area contributed by atoms with Crippen LogP contribution in [-0.4, -0.2) is 24.9 Å². The van der Waals surface area contributed by atoms with Gasteiger partial charge in [-0.1, -0.05) is 0 Å². The third kappa shape index (κ3) is 5.32. The second-order valence-electron chi connectivity index (χ2n) is 5.15. The molecule has 0 unspecified atom stereocenters. The summed E-state index contributed by atoms with van der Waals surface area (Å²) in [6.07, 6.45) is 14.8. The largest absolute Gasteiger partial charge is 2.00 e. The second-order valence-corrected chi connectivity index (χ2v) is 7.82. The van der Waals surface area contributed by atoms with Gasteiger partial charge in [-0.15, -0.1) is 0 Å². The predicted octanol–water partition coefficient (Wildman–Crippen LogP) is 1.94. The smallest absolute Gasteiger partial charge is 0.396 e. The fourth-order valence-electron chi connectivity index (χ4n) is 1.48. The quantitative estimate of drug-likeness (QED) is 0.784. The van der Waals surface area contributed by atoms with Crippen LogP contribution in [0.1, 0.15) is 20.8 Å². The monoisotopic (exact) mass is 336 g/mol. The zero-order chi connectivity index (χ0) is 14.5. The molecule has 0 bridgehead atoms. The van der Waals surface area contributed by atoms with Crippen molar-refractivity contribution in [3.8, 4) is 0 Å². The molecule has 2 rings (SSSR count). The summed E-state index contributed by atoms with van der Waals surface area (Å²) in [4.78, 5) is 0. The number of hydrogen-bond donors (Lipinski definition) is 1. The molecule has 10 radical (unpaired) electrons. The SMILES string of the molecule is CC(C)(C)S(=O)(=O)[C]1[CH][CH][CH][C]1CO.[CH]1[CH][CH][CH][CH]1.[Fe+2]. The van der Waals surface area contributed by atoms with E-state index in [-0.39, 0.29) is 28.9 Å². The van der Waals surface area contributed by atoms with E-state index in [0.717, 1.165) is 0 Å².